The molecule has 0 N–H and O–H groups in total. The van der Waals surface area contributed by atoms with Crippen LogP contribution in [0.5, 0.6) is 0 Å². The molecule has 4 heteroatoms. The second-order valence-corrected chi connectivity index (χ2v) is 6.77. The summed E-state index contributed by atoms with van der Waals surface area (Å²) in [6.45, 7) is 10.1. The Morgan fingerprint density at radius 2 is 2.25 bits per heavy atom. The third-order valence-electron chi connectivity index (χ3n) is 2.28. The largest absolute Gasteiger partial charge is 0.297 e. The summed E-state index contributed by atoms with van der Waals surface area (Å²) in [6.07, 6.45) is 4.19. The third-order valence-corrected chi connectivity index (χ3v) is 3.77. The fourth-order valence-electron chi connectivity index (χ4n) is 1.67. The first-order valence-electron chi connectivity index (χ1n) is 5.74. The van der Waals surface area contributed by atoms with E-state index in [2.05, 4.69) is 36.9 Å². The molecule has 0 unspecified atom stereocenters. The van der Waals surface area contributed by atoms with Gasteiger partial charge in [-0.05, 0) is 19.1 Å². The molecule has 2 nitrogen and oxygen atoms in total. The molecule has 0 saturated heterocycles. The Labute approximate surface area is 107 Å². The van der Waals surface area contributed by atoms with Gasteiger partial charge in [0.05, 0.1) is 5.01 Å². The molecule has 0 fully saturated rings. The van der Waals surface area contributed by atoms with Gasteiger partial charge in [0.15, 0.2) is 0 Å². The molecule has 1 aromatic rings. The normalized spacial score (nSPS) is 11.6. The monoisotopic (exact) mass is 258 g/mol. The van der Waals surface area contributed by atoms with E-state index in [9.17, 15) is 0 Å². The van der Waals surface area contributed by atoms with Gasteiger partial charge < -0.3 is 0 Å². The van der Waals surface area contributed by atoms with Gasteiger partial charge in [-0.3, -0.25) is 4.90 Å². The van der Waals surface area contributed by atoms with Gasteiger partial charge in [0.1, 0.15) is 0 Å². The van der Waals surface area contributed by atoms with Crippen molar-refractivity contribution >= 4 is 23.1 Å². The standard InChI is InChI=1S/C12H22N2S2/c1-10(2)8-14(5-6-15-4)9-12-7-13-11(3)16-12/h7,10H,5-6,8-9H2,1-4H3. The van der Waals surface area contributed by atoms with Crippen LogP contribution in [0.2, 0.25) is 0 Å². The van der Waals surface area contributed by atoms with Crippen molar-refractivity contribution in [2.45, 2.75) is 27.3 Å². The van der Waals surface area contributed by atoms with Gasteiger partial charge in [-0.1, -0.05) is 13.8 Å². The van der Waals surface area contributed by atoms with Crippen LogP contribution in [-0.4, -0.2) is 35.0 Å². The smallest absolute Gasteiger partial charge is 0.0897 e. The maximum Gasteiger partial charge on any atom is 0.0897 e. The average Bonchev–Trinajstić information content (AvgIpc) is 2.59. The van der Waals surface area contributed by atoms with E-state index in [-0.39, 0.29) is 0 Å². The summed E-state index contributed by atoms with van der Waals surface area (Å²) < 4.78 is 0. The molecule has 0 aliphatic rings. The molecule has 0 aliphatic carbocycles. The second-order valence-electron chi connectivity index (χ2n) is 4.47. The van der Waals surface area contributed by atoms with E-state index >= 15 is 0 Å². The predicted molar refractivity (Wildman–Crippen MR) is 75.3 cm³/mol. The number of thiazole rings is 1. The number of aromatic nitrogens is 1. The van der Waals surface area contributed by atoms with Crippen molar-refractivity contribution in [1.82, 2.24) is 9.88 Å². The molecule has 1 rings (SSSR count). The molecule has 0 aliphatic heterocycles. The average molecular weight is 258 g/mol. The quantitative estimate of drug-likeness (QED) is 0.747. The molecule has 0 saturated carbocycles. The highest BCUT2D eigenvalue weighted by atomic mass is 32.2. The van der Waals surface area contributed by atoms with Crippen LogP contribution in [0.4, 0.5) is 0 Å². The Kier molecular flexibility index (Phi) is 6.39. The maximum atomic E-state index is 4.32. The fraction of sp³-hybridized carbons (Fsp3) is 0.750. The van der Waals surface area contributed by atoms with Crippen molar-refractivity contribution in [2.75, 3.05) is 25.1 Å². The Hall–Kier alpha value is -0.0600. The van der Waals surface area contributed by atoms with Gasteiger partial charge in [-0.15, -0.1) is 11.3 Å². The second kappa shape index (κ2) is 7.30. The first kappa shape index (κ1) is 14.0. The number of nitrogens with zero attached hydrogens (tertiary/aromatic N) is 2. The van der Waals surface area contributed by atoms with Crippen molar-refractivity contribution in [3.05, 3.63) is 16.1 Å². The van der Waals surface area contributed by atoms with E-state index in [0.717, 1.165) is 12.5 Å². The lowest BCUT2D eigenvalue weighted by Gasteiger charge is -2.23. The highest BCUT2D eigenvalue weighted by molar-refractivity contribution is 7.98. The summed E-state index contributed by atoms with van der Waals surface area (Å²) in [5.41, 5.74) is 0. The SMILES string of the molecule is CSCCN(Cc1cnc(C)s1)CC(C)C. The van der Waals surface area contributed by atoms with Crippen molar-refractivity contribution in [1.29, 1.82) is 0 Å². The number of rotatable bonds is 7. The number of thioether (sulfide) groups is 1. The predicted octanol–water partition coefficient (Wildman–Crippen LogP) is 3.27. The van der Waals surface area contributed by atoms with Crippen LogP contribution in [0.15, 0.2) is 6.20 Å². The minimum Gasteiger partial charge on any atom is -0.297 e. The molecule has 0 atom stereocenters. The third kappa shape index (κ3) is 5.32. The van der Waals surface area contributed by atoms with Gasteiger partial charge in [0.25, 0.3) is 0 Å². The molecule has 1 aromatic heterocycles. The zero-order chi connectivity index (χ0) is 12.0. The first-order valence-corrected chi connectivity index (χ1v) is 7.95. The van der Waals surface area contributed by atoms with Crippen LogP contribution >= 0.6 is 23.1 Å². The Bertz CT molecular complexity index is 297. The zero-order valence-electron chi connectivity index (χ0n) is 10.7. The molecular formula is C12H22N2S2. The Balaban J connectivity index is 2.48. The minimum atomic E-state index is 0.732. The molecule has 92 valence electrons. The summed E-state index contributed by atoms with van der Waals surface area (Å²) in [6, 6.07) is 0. The fourth-order valence-corrected chi connectivity index (χ4v) is 2.95. The lowest BCUT2D eigenvalue weighted by molar-refractivity contribution is 0.252. The molecule has 0 aromatic carbocycles. The summed E-state index contributed by atoms with van der Waals surface area (Å²) in [7, 11) is 0. The van der Waals surface area contributed by atoms with Crippen molar-refractivity contribution in [3.8, 4) is 0 Å². The van der Waals surface area contributed by atoms with Crippen molar-refractivity contribution < 1.29 is 0 Å². The molecule has 0 bridgehead atoms. The van der Waals surface area contributed by atoms with Crippen LogP contribution < -0.4 is 0 Å². The van der Waals surface area contributed by atoms with Crippen LogP contribution in [0.1, 0.15) is 23.7 Å². The lowest BCUT2D eigenvalue weighted by Crippen LogP contribution is -2.29. The first-order chi connectivity index (χ1) is 7.61. The van der Waals surface area contributed by atoms with Gasteiger partial charge in [0, 0.05) is 36.5 Å². The Morgan fingerprint density at radius 3 is 2.75 bits per heavy atom. The highest BCUT2D eigenvalue weighted by Crippen LogP contribution is 2.15. The summed E-state index contributed by atoms with van der Waals surface area (Å²) in [4.78, 5) is 8.24. The Morgan fingerprint density at radius 1 is 1.50 bits per heavy atom. The molecule has 16 heavy (non-hydrogen) atoms. The topological polar surface area (TPSA) is 16.1 Å². The van der Waals surface area contributed by atoms with Gasteiger partial charge in [-0.2, -0.15) is 11.8 Å². The van der Waals surface area contributed by atoms with Crippen LogP contribution in [0.3, 0.4) is 0 Å². The maximum absolute atomic E-state index is 4.32. The van der Waals surface area contributed by atoms with E-state index in [1.807, 2.05) is 29.3 Å². The minimum absolute atomic E-state index is 0.732. The molecule has 0 spiro atoms. The van der Waals surface area contributed by atoms with Crippen LogP contribution in [0.25, 0.3) is 0 Å². The van der Waals surface area contributed by atoms with Crippen LogP contribution in [0, 0.1) is 12.8 Å². The molecule has 0 radical (unpaired) electrons. The summed E-state index contributed by atoms with van der Waals surface area (Å²) >= 11 is 3.74. The van der Waals surface area contributed by atoms with Gasteiger partial charge >= 0.3 is 0 Å². The van der Waals surface area contributed by atoms with Gasteiger partial charge in [0.2, 0.25) is 0 Å². The van der Waals surface area contributed by atoms with E-state index in [1.54, 1.807) is 0 Å². The number of hydrogen-bond acceptors (Lipinski definition) is 4. The summed E-state index contributed by atoms with van der Waals surface area (Å²) in [5, 5.41) is 1.17. The molecule has 1 heterocycles. The molecular weight excluding hydrogens is 236 g/mol. The van der Waals surface area contributed by atoms with Crippen molar-refractivity contribution in [3.63, 3.8) is 0 Å². The van der Waals surface area contributed by atoms with E-state index in [4.69, 9.17) is 0 Å². The number of hydrogen-bond donors (Lipinski definition) is 0. The zero-order valence-corrected chi connectivity index (χ0v) is 12.3. The lowest BCUT2D eigenvalue weighted by atomic mass is 10.2. The molecule has 0 amide bonds. The van der Waals surface area contributed by atoms with Crippen molar-refractivity contribution in [2.24, 2.45) is 5.92 Å². The highest BCUT2D eigenvalue weighted by Gasteiger charge is 2.09. The van der Waals surface area contributed by atoms with E-state index < -0.39 is 0 Å². The summed E-state index contributed by atoms with van der Waals surface area (Å²) in [5.74, 6) is 1.95. The van der Waals surface area contributed by atoms with Crippen LogP contribution in [-0.2, 0) is 6.54 Å². The number of aryl methyl sites for hydroxylation is 1. The van der Waals surface area contributed by atoms with Gasteiger partial charge in [-0.25, -0.2) is 4.98 Å². The van der Waals surface area contributed by atoms with E-state index in [0.29, 0.717) is 0 Å². The van der Waals surface area contributed by atoms with E-state index in [1.165, 1.54) is 28.7 Å².